The van der Waals surface area contributed by atoms with E-state index in [9.17, 15) is 9.50 Å². The average molecular weight is 283 g/mol. The lowest BCUT2D eigenvalue weighted by atomic mass is 10.1. The Bertz CT molecular complexity index is 544. The summed E-state index contributed by atoms with van der Waals surface area (Å²) in [5, 5.41) is 13.0. The van der Waals surface area contributed by atoms with Crippen molar-refractivity contribution in [3.05, 3.63) is 46.9 Å². The van der Waals surface area contributed by atoms with Gasteiger partial charge in [-0.1, -0.05) is 23.7 Å². The van der Waals surface area contributed by atoms with E-state index in [-0.39, 0.29) is 23.5 Å². The molecule has 0 aliphatic heterocycles. The van der Waals surface area contributed by atoms with Crippen LogP contribution in [0.2, 0.25) is 5.15 Å². The van der Waals surface area contributed by atoms with Gasteiger partial charge in [-0.25, -0.2) is 9.37 Å². The zero-order chi connectivity index (χ0) is 13.8. The van der Waals surface area contributed by atoms with E-state index in [2.05, 4.69) is 15.3 Å². The molecule has 0 amide bonds. The second kappa shape index (κ2) is 5.81. The number of nitrogens with two attached hydrogens (primary N) is 1. The van der Waals surface area contributed by atoms with Crippen LogP contribution in [0.3, 0.4) is 0 Å². The third-order valence-corrected chi connectivity index (χ3v) is 2.64. The van der Waals surface area contributed by atoms with Crippen LogP contribution in [0.4, 0.5) is 16.2 Å². The Morgan fingerprint density at radius 1 is 1.32 bits per heavy atom. The van der Waals surface area contributed by atoms with Gasteiger partial charge < -0.3 is 16.2 Å². The van der Waals surface area contributed by atoms with Crippen LogP contribution in [0, 0.1) is 5.82 Å². The summed E-state index contributed by atoms with van der Waals surface area (Å²) in [7, 11) is 0. The maximum absolute atomic E-state index is 12.7. The largest absolute Gasteiger partial charge is 0.387 e. The quantitative estimate of drug-likeness (QED) is 0.747. The standard InChI is InChI=1S/C12H12ClFN4O/c13-10-5-11(18-12(15)17-10)16-6-9(19)7-1-3-8(14)4-2-7/h1-5,9,19H,6H2,(H3,15,16,17,18)/t9-/m1/s1. The molecule has 5 nitrogen and oxygen atoms in total. The molecule has 7 heteroatoms. The zero-order valence-corrected chi connectivity index (χ0v) is 10.6. The van der Waals surface area contributed by atoms with Crippen molar-refractivity contribution in [2.45, 2.75) is 6.10 Å². The first-order valence-corrected chi connectivity index (χ1v) is 5.90. The van der Waals surface area contributed by atoms with Crippen LogP contribution in [0.1, 0.15) is 11.7 Å². The Balaban J connectivity index is 1.99. The maximum Gasteiger partial charge on any atom is 0.223 e. The highest BCUT2D eigenvalue weighted by Gasteiger charge is 2.08. The topological polar surface area (TPSA) is 84.1 Å². The fourth-order valence-electron chi connectivity index (χ4n) is 1.53. The third-order valence-electron chi connectivity index (χ3n) is 2.44. The molecule has 0 aliphatic carbocycles. The number of aliphatic hydroxyl groups is 1. The molecule has 100 valence electrons. The first-order valence-electron chi connectivity index (χ1n) is 5.52. The van der Waals surface area contributed by atoms with Crippen molar-refractivity contribution in [1.29, 1.82) is 0 Å². The van der Waals surface area contributed by atoms with E-state index in [0.29, 0.717) is 11.4 Å². The van der Waals surface area contributed by atoms with Gasteiger partial charge in [-0.15, -0.1) is 0 Å². The highest BCUT2D eigenvalue weighted by atomic mass is 35.5. The molecule has 0 fully saturated rings. The molecule has 0 saturated carbocycles. The van der Waals surface area contributed by atoms with Crippen molar-refractivity contribution in [3.63, 3.8) is 0 Å². The van der Waals surface area contributed by atoms with E-state index in [1.54, 1.807) is 0 Å². The normalized spacial score (nSPS) is 12.2. The average Bonchev–Trinajstić information content (AvgIpc) is 2.36. The molecule has 4 N–H and O–H groups in total. The molecule has 1 heterocycles. The van der Waals surface area contributed by atoms with Crippen LogP contribution in [0.5, 0.6) is 0 Å². The van der Waals surface area contributed by atoms with Gasteiger partial charge in [0.25, 0.3) is 0 Å². The summed E-state index contributed by atoms with van der Waals surface area (Å²) in [5.41, 5.74) is 6.04. The van der Waals surface area contributed by atoms with Crippen molar-refractivity contribution in [3.8, 4) is 0 Å². The lowest BCUT2D eigenvalue weighted by Crippen LogP contribution is -2.13. The van der Waals surface area contributed by atoms with Gasteiger partial charge in [0.1, 0.15) is 16.8 Å². The minimum absolute atomic E-state index is 0.0475. The Labute approximate surface area is 114 Å². The van der Waals surface area contributed by atoms with Crippen LogP contribution in [-0.2, 0) is 0 Å². The minimum Gasteiger partial charge on any atom is -0.387 e. The van der Waals surface area contributed by atoms with E-state index in [4.69, 9.17) is 17.3 Å². The number of nitrogens with zero attached hydrogens (tertiary/aromatic N) is 2. The summed E-state index contributed by atoms with van der Waals surface area (Å²) >= 11 is 5.72. The van der Waals surface area contributed by atoms with Gasteiger partial charge in [-0.2, -0.15) is 4.98 Å². The van der Waals surface area contributed by atoms with Gasteiger partial charge in [0.15, 0.2) is 0 Å². The molecule has 1 atom stereocenters. The summed E-state index contributed by atoms with van der Waals surface area (Å²) in [6.45, 7) is 0.193. The molecule has 1 aromatic carbocycles. The Hall–Kier alpha value is -1.92. The molecule has 2 aromatic rings. The molecule has 0 unspecified atom stereocenters. The minimum atomic E-state index is -0.796. The SMILES string of the molecule is Nc1nc(Cl)cc(NC[C@@H](O)c2ccc(F)cc2)n1. The third kappa shape index (κ3) is 3.77. The molecule has 0 bridgehead atoms. The van der Waals surface area contributed by atoms with E-state index < -0.39 is 6.10 Å². The second-order valence-corrected chi connectivity index (χ2v) is 4.27. The lowest BCUT2D eigenvalue weighted by Gasteiger charge is -2.12. The molecule has 0 saturated heterocycles. The summed E-state index contributed by atoms with van der Waals surface area (Å²) < 4.78 is 12.7. The highest BCUT2D eigenvalue weighted by Crippen LogP contribution is 2.16. The molecular weight excluding hydrogens is 271 g/mol. The van der Waals surface area contributed by atoms with Crippen molar-refractivity contribution in [2.24, 2.45) is 0 Å². The summed E-state index contributed by atoms with van der Waals surface area (Å²) in [6.07, 6.45) is -0.796. The van der Waals surface area contributed by atoms with Crippen LogP contribution in [0.15, 0.2) is 30.3 Å². The first kappa shape index (κ1) is 13.5. The number of hydrogen-bond donors (Lipinski definition) is 3. The number of nitrogen functional groups attached to an aromatic ring is 1. The number of rotatable bonds is 4. The van der Waals surface area contributed by atoms with Crippen molar-refractivity contribution in [1.82, 2.24) is 9.97 Å². The molecule has 19 heavy (non-hydrogen) atoms. The van der Waals surface area contributed by atoms with Gasteiger partial charge in [-0.3, -0.25) is 0 Å². The molecular formula is C12H12ClFN4O. The maximum atomic E-state index is 12.7. The Morgan fingerprint density at radius 3 is 2.63 bits per heavy atom. The molecule has 0 spiro atoms. The second-order valence-electron chi connectivity index (χ2n) is 3.88. The lowest BCUT2D eigenvalue weighted by molar-refractivity contribution is 0.191. The fraction of sp³-hybridized carbons (Fsp3) is 0.167. The number of aromatic nitrogens is 2. The van der Waals surface area contributed by atoms with E-state index in [1.807, 2.05) is 0 Å². The number of anilines is 2. The van der Waals surface area contributed by atoms with Crippen molar-refractivity contribution < 1.29 is 9.50 Å². The van der Waals surface area contributed by atoms with Crippen molar-refractivity contribution in [2.75, 3.05) is 17.6 Å². The van der Waals surface area contributed by atoms with Crippen LogP contribution in [-0.4, -0.2) is 21.6 Å². The van der Waals surface area contributed by atoms with E-state index in [0.717, 1.165) is 0 Å². The molecule has 0 aliphatic rings. The predicted octanol–water partition coefficient (Wildman–Crippen LogP) is 2.00. The molecule has 0 radical (unpaired) electrons. The van der Waals surface area contributed by atoms with Crippen LogP contribution in [0.25, 0.3) is 0 Å². The summed E-state index contributed by atoms with van der Waals surface area (Å²) in [5.74, 6) is 0.115. The van der Waals surface area contributed by atoms with Crippen molar-refractivity contribution >= 4 is 23.4 Å². The summed E-state index contributed by atoms with van der Waals surface area (Å²) in [6, 6.07) is 7.11. The van der Waals surface area contributed by atoms with Gasteiger partial charge in [0.05, 0.1) is 6.10 Å². The predicted molar refractivity (Wildman–Crippen MR) is 71.3 cm³/mol. The van der Waals surface area contributed by atoms with Gasteiger partial charge >= 0.3 is 0 Å². The van der Waals surface area contributed by atoms with E-state index in [1.165, 1.54) is 30.3 Å². The first-order chi connectivity index (χ1) is 9.04. The smallest absolute Gasteiger partial charge is 0.223 e. The highest BCUT2D eigenvalue weighted by molar-refractivity contribution is 6.29. The number of halogens is 2. The molecule has 1 aromatic heterocycles. The van der Waals surface area contributed by atoms with Gasteiger partial charge in [0, 0.05) is 12.6 Å². The van der Waals surface area contributed by atoms with Crippen LogP contribution >= 0.6 is 11.6 Å². The van der Waals surface area contributed by atoms with E-state index >= 15 is 0 Å². The Morgan fingerprint density at radius 2 is 2.00 bits per heavy atom. The monoisotopic (exact) mass is 282 g/mol. The zero-order valence-electron chi connectivity index (χ0n) is 9.85. The number of benzene rings is 1. The number of hydrogen-bond acceptors (Lipinski definition) is 5. The van der Waals surface area contributed by atoms with Crippen LogP contribution < -0.4 is 11.1 Å². The Kier molecular flexibility index (Phi) is 4.13. The molecule has 2 rings (SSSR count). The van der Waals surface area contributed by atoms with Gasteiger partial charge in [0.2, 0.25) is 5.95 Å². The van der Waals surface area contributed by atoms with Gasteiger partial charge in [-0.05, 0) is 17.7 Å². The number of aliphatic hydroxyl groups excluding tert-OH is 1. The summed E-state index contributed by atoms with van der Waals surface area (Å²) in [4.78, 5) is 7.63. The number of nitrogens with one attached hydrogen (secondary N) is 1. The fourth-order valence-corrected chi connectivity index (χ4v) is 1.72.